The molecule has 0 aliphatic heterocycles. The lowest BCUT2D eigenvalue weighted by Gasteiger charge is -2.09. The third-order valence-corrected chi connectivity index (χ3v) is 3.28. The van der Waals surface area contributed by atoms with Crippen LogP contribution in [0.4, 0.5) is 13.2 Å². The Labute approximate surface area is 120 Å². The van der Waals surface area contributed by atoms with E-state index in [0.717, 1.165) is 36.6 Å². The topological polar surface area (TPSA) is 21.3 Å². The number of rotatable bonds is 5. The molecule has 0 saturated heterocycles. The minimum atomic E-state index is -0.740. The maximum absolute atomic E-state index is 13.9. The van der Waals surface area contributed by atoms with E-state index in [0.29, 0.717) is 12.6 Å². The van der Waals surface area contributed by atoms with Gasteiger partial charge in [-0.1, -0.05) is 6.07 Å². The van der Waals surface area contributed by atoms with Crippen molar-refractivity contribution in [2.75, 3.05) is 0 Å². The van der Waals surface area contributed by atoms with E-state index >= 15 is 0 Å². The summed E-state index contributed by atoms with van der Waals surface area (Å²) in [7, 11) is 0. The first-order valence-corrected chi connectivity index (χ1v) is 6.76. The molecule has 0 amide bonds. The van der Waals surface area contributed by atoms with Gasteiger partial charge < -0.3 is 10.1 Å². The first-order valence-electron chi connectivity index (χ1n) is 6.76. The van der Waals surface area contributed by atoms with Gasteiger partial charge >= 0.3 is 0 Å². The molecule has 2 aromatic rings. The maximum Gasteiger partial charge on any atom is 0.166 e. The second kappa shape index (κ2) is 5.77. The molecule has 1 saturated carbocycles. The zero-order valence-electron chi connectivity index (χ0n) is 11.2. The Kier molecular flexibility index (Phi) is 3.84. The molecule has 5 heteroatoms. The van der Waals surface area contributed by atoms with E-state index < -0.39 is 17.5 Å². The summed E-state index contributed by atoms with van der Waals surface area (Å²) in [5, 5.41) is 3.27. The molecule has 1 aliphatic carbocycles. The zero-order valence-corrected chi connectivity index (χ0v) is 11.2. The maximum atomic E-state index is 13.9. The van der Waals surface area contributed by atoms with E-state index in [1.165, 1.54) is 12.1 Å². The lowest BCUT2D eigenvalue weighted by Crippen LogP contribution is -2.15. The van der Waals surface area contributed by atoms with Crippen molar-refractivity contribution in [3.8, 4) is 11.5 Å². The summed E-state index contributed by atoms with van der Waals surface area (Å²) in [5.74, 6) is -2.45. The van der Waals surface area contributed by atoms with Gasteiger partial charge in [0.15, 0.2) is 23.1 Å². The molecule has 0 unspecified atom stereocenters. The molecule has 0 spiro atoms. The van der Waals surface area contributed by atoms with Crippen molar-refractivity contribution in [3.05, 3.63) is 59.4 Å². The molecule has 1 fully saturated rings. The van der Waals surface area contributed by atoms with Gasteiger partial charge in [0, 0.05) is 18.7 Å². The van der Waals surface area contributed by atoms with Gasteiger partial charge in [0.1, 0.15) is 5.82 Å². The van der Waals surface area contributed by atoms with Crippen LogP contribution in [-0.2, 0) is 6.54 Å². The summed E-state index contributed by atoms with van der Waals surface area (Å²) in [4.78, 5) is 0. The molecule has 1 aliphatic rings. The highest BCUT2D eigenvalue weighted by molar-refractivity contribution is 5.35. The van der Waals surface area contributed by atoms with E-state index in [9.17, 15) is 13.2 Å². The van der Waals surface area contributed by atoms with Crippen LogP contribution in [0.15, 0.2) is 36.4 Å². The molecule has 0 aromatic heterocycles. The van der Waals surface area contributed by atoms with Crippen molar-refractivity contribution < 1.29 is 17.9 Å². The van der Waals surface area contributed by atoms with E-state index in [1.807, 2.05) is 0 Å². The van der Waals surface area contributed by atoms with Crippen LogP contribution in [0.5, 0.6) is 11.5 Å². The van der Waals surface area contributed by atoms with Crippen molar-refractivity contribution in [1.82, 2.24) is 5.32 Å². The van der Waals surface area contributed by atoms with Gasteiger partial charge in [0.2, 0.25) is 0 Å². The molecule has 0 heterocycles. The van der Waals surface area contributed by atoms with Gasteiger partial charge in [-0.25, -0.2) is 13.2 Å². The van der Waals surface area contributed by atoms with Gasteiger partial charge in [-0.3, -0.25) is 0 Å². The Bertz CT molecular complexity index is 656. The average molecular weight is 293 g/mol. The molecule has 2 aromatic carbocycles. The third-order valence-electron chi connectivity index (χ3n) is 3.28. The van der Waals surface area contributed by atoms with Crippen LogP contribution in [0, 0.1) is 17.5 Å². The van der Waals surface area contributed by atoms with Crippen molar-refractivity contribution in [2.45, 2.75) is 25.4 Å². The smallest absolute Gasteiger partial charge is 0.166 e. The first-order chi connectivity index (χ1) is 10.1. The molecule has 1 N–H and O–H groups in total. The van der Waals surface area contributed by atoms with Crippen molar-refractivity contribution >= 4 is 0 Å². The quantitative estimate of drug-likeness (QED) is 0.894. The Hall–Kier alpha value is -2.01. The fraction of sp³-hybridized carbons (Fsp3) is 0.250. The Morgan fingerprint density at radius 1 is 0.952 bits per heavy atom. The summed E-state index contributed by atoms with van der Waals surface area (Å²) in [6.45, 7) is 0.580. The number of ether oxygens (including phenoxy) is 1. The lowest BCUT2D eigenvalue weighted by molar-refractivity contribution is 0.410. The third kappa shape index (κ3) is 3.55. The highest BCUT2D eigenvalue weighted by atomic mass is 19.1. The van der Waals surface area contributed by atoms with Crippen LogP contribution in [0.25, 0.3) is 0 Å². The van der Waals surface area contributed by atoms with Gasteiger partial charge in [-0.15, -0.1) is 0 Å². The summed E-state index contributed by atoms with van der Waals surface area (Å²) in [6, 6.07) is 7.79. The Morgan fingerprint density at radius 2 is 1.76 bits per heavy atom. The van der Waals surface area contributed by atoms with Crippen molar-refractivity contribution in [1.29, 1.82) is 0 Å². The van der Waals surface area contributed by atoms with Crippen LogP contribution >= 0.6 is 0 Å². The molecule has 110 valence electrons. The fourth-order valence-corrected chi connectivity index (χ4v) is 1.96. The molecule has 0 radical (unpaired) electrons. The van der Waals surface area contributed by atoms with Gasteiger partial charge in [-0.2, -0.15) is 0 Å². The predicted molar refractivity (Wildman–Crippen MR) is 72.7 cm³/mol. The molecule has 21 heavy (non-hydrogen) atoms. The minimum absolute atomic E-state index is 0.130. The Balaban J connectivity index is 1.74. The highest BCUT2D eigenvalue weighted by Gasteiger charge is 2.20. The fourth-order valence-electron chi connectivity index (χ4n) is 1.96. The monoisotopic (exact) mass is 293 g/mol. The molecular formula is C16H14F3NO. The average Bonchev–Trinajstić information content (AvgIpc) is 3.27. The van der Waals surface area contributed by atoms with E-state index in [4.69, 9.17) is 4.74 Å². The second-order valence-electron chi connectivity index (χ2n) is 5.10. The normalized spacial score (nSPS) is 14.2. The van der Waals surface area contributed by atoms with E-state index in [-0.39, 0.29) is 11.5 Å². The summed E-state index contributed by atoms with van der Waals surface area (Å²) < 4.78 is 45.5. The number of benzene rings is 2. The minimum Gasteiger partial charge on any atom is -0.451 e. The summed E-state index contributed by atoms with van der Waals surface area (Å²) >= 11 is 0. The van der Waals surface area contributed by atoms with Crippen LogP contribution in [-0.4, -0.2) is 6.04 Å². The van der Waals surface area contributed by atoms with Crippen LogP contribution < -0.4 is 10.1 Å². The second-order valence-corrected chi connectivity index (χ2v) is 5.10. The SMILES string of the molecule is Fc1ccc(F)c(Oc2ccc(CNC3CC3)cc2F)c1. The van der Waals surface area contributed by atoms with Crippen molar-refractivity contribution in [2.24, 2.45) is 0 Å². The molecule has 2 nitrogen and oxygen atoms in total. The van der Waals surface area contributed by atoms with Crippen LogP contribution in [0.3, 0.4) is 0 Å². The van der Waals surface area contributed by atoms with Gasteiger partial charge in [0.05, 0.1) is 0 Å². The summed E-state index contributed by atoms with van der Waals surface area (Å²) in [6.07, 6.45) is 2.31. The summed E-state index contributed by atoms with van der Waals surface area (Å²) in [5.41, 5.74) is 0.784. The number of nitrogens with one attached hydrogen (secondary N) is 1. The number of hydrogen-bond acceptors (Lipinski definition) is 2. The number of hydrogen-bond donors (Lipinski definition) is 1. The lowest BCUT2D eigenvalue weighted by atomic mass is 10.2. The van der Waals surface area contributed by atoms with Gasteiger partial charge in [-0.05, 0) is 42.7 Å². The van der Waals surface area contributed by atoms with Crippen LogP contribution in [0.1, 0.15) is 18.4 Å². The zero-order chi connectivity index (χ0) is 14.8. The molecule has 0 atom stereocenters. The standard InChI is InChI=1S/C16H14F3NO/c17-11-2-5-13(18)16(8-11)21-15-6-1-10(7-14(15)19)9-20-12-3-4-12/h1-2,5-8,12,20H,3-4,9H2. The first kappa shape index (κ1) is 13.9. The van der Waals surface area contributed by atoms with Crippen LogP contribution in [0.2, 0.25) is 0 Å². The predicted octanol–water partition coefficient (Wildman–Crippen LogP) is 4.15. The largest absolute Gasteiger partial charge is 0.451 e. The molecule has 0 bridgehead atoms. The van der Waals surface area contributed by atoms with E-state index in [2.05, 4.69) is 5.32 Å². The van der Waals surface area contributed by atoms with Gasteiger partial charge in [0.25, 0.3) is 0 Å². The van der Waals surface area contributed by atoms with Crippen molar-refractivity contribution in [3.63, 3.8) is 0 Å². The highest BCUT2D eigenvalue weighted by Crippen LogP contribution is 2.28. The molecule has 3 rings (SSSR count). The Morgan fingerprint density at radius 3 is 2.48 bits per heavy atom. The molecular weight excluding hydrogens is 279 g/mol. The van der Waals surface area contributed by atoms with E-state index in [1.54, 1.807) is 6.07 Å². The number of halogens is 3.